The highest BCUT2D eigenvalue weighted by Crippen LogP contribution is 2.29. The third-order valence-electron chi connectivity index (χ3n) is 4.42. The molecular formula is C18H25FN4O2. The van der Waals surface area contributed by atoms with E-state index in [1.807, 2.05) is 0 Å². The molecule has 6 nitrogen and oxygen atoms in total. The Morgan fingerprint density at radius 2 is 1.92 bits per heavy atom. The summed E-state index contributed by atoms with van der Waals surface area (Å²) < 4.78 is 24.6. The maximum absolute atomic E-state index is 13.9. The third-order valence-corrected chi connectivity index (χ3v) is 4.42. The van der Waals surface area contributed by atoms with Crippen molar-refractivity contribution < 1.29 is 13.9 Å². The minimum absolute atomic E-state index is 0.216. The van der Waals surface area contributed by atoms with Gasteiger partial charge in [0, 0.05) is 44.2 Å². The van der Waals surface area contributed by atoms with Crippen LogP contribution in [0.5, 0.6) is 5.75 Å². The van der Waals surface area contributed by atoms with Crippen LogP contribution >= 0.6 is 0 Å². The van der Waals surface area contributed by atoms with Gasteiger partial charge in [0.1, 0.15) is 12.1 Å². The van der Waals surface area contributed by atoms with Crippen LogP contribution in [0.15, 0.2) is 18.5 Å². The van der Waals surface area contributed by atoms with Gasteiger partial charge in [0.05, 0.1) is 25.3 Å². The van der Waals surface area contributed by atoms with E-state index in [0.717, 1.165) is 50.5 Å². The number of anilines is 1. The van der Waals surface area contributed by atoms with Crippen LogP contribution in [-0.4, -0.2) is 67.4 Å². The summed E-state index contributed by atoms with van der Waals surface area (Å²) >= 11 is 0. The van der Waals surface area contributed by atoms with Crippen LogP contribution in [0.25, 0.3) is 10.9 Å². The first-order chi connectivity index (χ1) is 12.1. The highest BCUT2D eigenvalue weighted by molar-refractivity contribution is 5.90. The number of fused-ring (bicyclic) bond motifs is 1. The van der Waals surface area contributed by atoms with E-state index in [0.29, 0.717) is 5.52 Å². The summed E-state index contributed by atoms with van der Waals surface area (Å²) in [6, 6.07) is 3.09. The number of hydrogen-bond donors (Lipinski definition) is 0. The van der Waals surface area contributed by atoms with Crippen LogP contribution in [0, 0.1) is 5.82 Å². The van der Waals surface area contributed by atoms with Gasteiger partial charge in [-0.1, -0.05) is 0 Å². The summed E-state index contributed by atoms with van der Waals surface area (Å²) in [7, 11) is 1.46. The number of halogens is 1. The van der Waals surface area contributed by atoms with Crippen LogP contribution in [-0.2, 0) is 4.74 Å². The van der Waals surface area contributed by atoms with Crippen molar-refractivity contribution in [3.8, 4) is 5.75 Å². The van der Waals surface area contributed by atoms with E-state index in [-0.39, 0.29) is 11.9 Å². The predicted octanol–water partition coefficient (Wildman–Crippen LogP) is 2.32. The summed E-state index contributed by atoms with van der Waals surface area (Å²) in [6.07, 6.45) is 1.76. The van der Waals surface area contributed by atoms with Crippen molar-refractivity contribution in [2.75, 3.05) is 51.3 Å². The lowest BCUT2D eigenvalue weighted by atomic mass is 10.2. The van der Waals surface area contributed by atoms with E-state index in [2.05, 4.69) is 33.6 Å². The second kappa shape index (κ2) is 7.93. The van der Waals surface area contributed by atoms with E-state index in [9.17, 15) is 4.39 Å². The first-order valence-electron chi connectivity index (χ1n) is 8.65. The molecule has 136 valence electrons. The Kier molecular flexibility index (Phi) is 5.65. The van der Waals surface area contributed by atoms with Crippen LogP contribution < -0.4 is 9.64 Å². The normalized spacial score (nSPS) is 16.0. The Labute approximate surface area is 147 Å². The molecule has 0 spiro atoms. The Bertz CT molecular complexity index is 718. The lowest BCUT2D eigenvalue weighted by Crippen LogP contribution is -2.47. The predicted molar refractivity (Wildman–Crippen MR) is 95.8 cm³/mol. The second-order valence-corrected chi connectivity index (χ2v) is 6.45. The van der Waals surface area contributed by atoms with Crippen molar-refractivity contribution in [1.82, 2.24) is 14.9 Å². The fourth-order valence-electron chi connectivity index (χ4n) is 3.05. The molecule has 1 saturated heterocycles. The van der Waals surface area contributed by atoms with Gasteiger partial charge >= 0.3 is 0 Å². The number of benzene rings is 1. The van der Waals surface area contributed by atoms with Crippen LogP contribution in [0.4, 0.5) is 10.2 Å². The second-order valence-electron chi connectivity index (χ2n) is 6.45. The van der Waals surface area contributed by atoms with Crippen molar-refractivity contribution >= 4 is 16.7 Å². The Hall–Kier alpha value is -1.99. The molecule has 0 aliphatic carbocycles. The van der Waals surface area contributed by atoms with Gasteiger partial charge in [0.2, 0.25) is 0 Å². The van der Waals surface area contributed by atoms with Crippen molar-refractivity contribution in [2.45, 2.75) is 20.0 Å². The van der Waals surface area contributed by atoms with Gasteiger partial charge in [-0.15, -0.1) is 0 Å². The number of ether oxygens (including phenoxy) is 2. The Balaban J connectivity index is 1.71. The molecule has 1 fully saturated rings. The first-order valence-corrected chi connectivity index (χ1v) is 8.65. The zero-order valence-corrected chi connectivity index (χ0v) is 15.0. The number of aromatic nitrogens is 2. The number of nitrogens with zero attached hydrogens (tertiary/aromatic N) is 4. The van der Waals surface area contributed by atoms with E-state index in [1.165, 1.54) is 19.5 Å². The van der Waals surface area contributed by atoms with Gasteiger partial charge < -0.3 is 14.4 Å². The van der Waals surface area contributed by atoms with Crippen molar-refractivity contribution in [3.63, 3.8) is 0 Å². The molecule has 1 aromatic heterocycles. The molecule has 0 atom stereocenters. The standard InChI is InChI=1S/C18H25FN4O2/c1-13(2)25-9-8-22-4-6-23(7-5-22)18-14-10-17(24-3)15(19)11-16(14)20-12-21-18/h10-13H,4-9H2,1-3H3. The summed E-state index contributed by atoms with van der Waals surface area (Å²) in [5.74, 6) is 0.643. The smallest absolute Gasteiger partial charge is 0.167 e. The highest BCUT2D eigenvalue weighted by Gasteiger charge is 2.20. The number of methoxy groups -OCH3 is 1. The van der Waals surface area contributed by atoms with Gasteiger partial charge in [-0.2, -0.15) is 0 Å². The lowest BCUT2D eigenvalue weighted by Gasteiger charge is -2.35. The van der Waals surface area contributed by atoms with E-state index in [4.69, 9.17) is 9.47 Å². The summed E-state index contributed by atoms with van der Waals surface area (Å²) in [6.45, 7) is 9.43. The molecular weight excluding hydrogens is 323 g/mol. The summed E-state index contributed by atoms with van der Waals surface area (Å²) in [5, 5.41) is 0.817. The molecule has 1 aliphatic rings. The summed E-state index contributed by atoms with van der Waals surface area (Å²) in [4.78, 5) is 13.2. The molecule has 1 aliphatic heterocycles. The lowest BCUT2D eigenvalue weighted by molar-refractivity contribution is 0.0579. The van der Waals surface area contributed by atoms with Crippen LogP contribution in [0.2, 0.25) is 0 Å². The molecule has 3 rings (SSSR count). The van der Waals surface area contributed by atoms with Gasteiger partial charge in [-0.05, 0) is 19.9 Å². The molecule has 0 saturated carbocycles. The molecule has 0 amide bonds. The monoisotopic (exact) mass is 348 g/mol. The number of rotatable bonds is 6. The van der Waals surface area contributed by atoms with Gasteiger partial charge in [0.25, 0.3) is 0 Å². The van der Waals surface area contributed by atoms with Gasteiger partial charge in [-0.3, -0.25) is 4.90 Å². The molecule has 0 bridgehead atoms. The van der Waals surface area contributed by atoms with E-state index >= 15 is 0 Å². The van der Waals surface area contributed by atoms with Crippen LogP contribution in [0.3, 0.4) is 0 Å². The average molecular weight is 348 g/mol. The van der Waals surface area contributed by atoms with Gasteiger partial charge in [-0.25, -0.2) is 14.4 Å². The summed E-state index contributed by atoms with van der Waals surface area (Å²) in [5.41, 5.74) is 0.594. The maximum Gasteiger partial charge on any atom is 0.167 e. The Morgan fingerprint density at radius 3 is 2.60 bits per heavy atom. The Morgan fingerprint density at radius 1 is 1.16 bits per heavy atom. The zero-order valence-electron chi connectivity index (χ0n) is 15.0. The SMILES string of the molecule is COc1cc2c(N3CCN(CCOC(C)C)CC3)ncnc2cc1F. The molecule has 2 heterocycles. The first kappa shape index (κ1) is 17.8. The molecule has 25 heavy (non-hydrogen) atoms. The highest BCUT2D eigenvalue weighted by atomic mass is 19.1. The van der Waals surface area contributed by atoms with Crippen LogP contribution in [0.1, 0.15) is 13.8 Å². The fraction of sp³-hybridized carbons (Fsp3) is 0.556. The molecule has 1 aromatic carbocycles. The molecule has 7 heteroatoms. The van der Waals surface area contributed by atoms with E-state index < -0.39 is 5.82 Å². The maximum atomic E-state index is 13.9. The minimum Gasteiger partial charge on any atom is -0.494 e. The number of piperazine rings is 1. The third kappa shape index (κ3) is 4.16. The van der Waals surface area contributed by atoms with Crippen molar-refractivity contribution in [3.05, 3.63) is 24.3 Å². The van der Waals surface area contributed by atoms with Crippen molar-refractivity contribution in [1.29, 1.82) is 0 Å². The topological polar surface area (TPSA) is 50.7 Å². The van der Waals surface area contributed by atoms with Gasteiger partial charge in [0.15, 0.2) is 11.6 Å². The molecule has 0 unspecified atom stereocenters. The fourth-order valence-corrected chi connectivity index (χ4v) is 3.05. The quantitative estimate of drug-likeness (QED) is 0.799. The average Bonchev–Trinajstić information content (AvgIpc) is 2.61. The van der Waals surface area contributed by atoms with E-state index in [1.54, 1.807) is 6.07 Å². The minimum atomic E-state index is -0.408. The zero-order chi connectivity index (χ0) is 17.8. The number of hydrogen-bond acceptors (Lipinski definition) is 6. The molecule has 2 aromatic rings. The molecule has 0 N–H and O–H groups in total. The molecule has 0 radical (unpaired) electrons. The largest absolute Gasteiger partial charge is 0.494 e. The van der Waals surface area contributed by atoms with Crippen molar-refractivity contribution in [2.24, 2.45) is 0 Å².